The van der Waals surface area contributed by atoms with E-state index in [1.807, 2.05) is 13.0 Å². The Bertz CT molecular complexity index is 339. The van der Waals surface area contributed by atoms with Gasteiger partial charge in [-0.2, -0.15) is 0 Å². The van der Waals surface area contributed by atoms with Gasteiger partial charge in [0.2, 0.25) is 0 Å². The zero-order valence-electron chi connectivity index (χ0n) is 10.1. The fourth-order valence-corrected chi connectivity index (χ4v) is 1.68. The molecule has 0 spiro atoms. The van der Waals surface area contributed by atoms with Crippen LogP contribution in [0.3, 0.4) is 0 Å². The first-order chi connectivity index (χ1) is 7.54. The highest BCUT2D eigenvalue weighted by Gasteiger charge is 2.11. The van der Waals surface area contributed by atoms with Gasteiger partial charge in [-0.1, -0.05) is 25.4 Å². The van der Waals surface area contributed by atoms with Crippen molar-refractivity contribution in [2.24, 2.45) is 17.6 Å². The molecule has 1 unspecified atom stereocenters. The van der Waals surface area contributed by atoms with Crippen molar-refractivity contribution < 1.29 is 0 Å². The molecule has 1 aromatic heterocycles. The first-order valence-corrected chi connectivity index (χ1v) is 5.98. The summed E-state index contributed by atoms with van der Waals surface area (Å²) in [6, 6.07) is 2.00. The zero-order chi connectivity index (χ0) is 12.1. The van der Waals surface area contributed by atoms with Gasteiger partial charge in [0.1, 0.15) is 0 Å². The second kappa shape index (κ2) is 6.06. The molecule has 1 atom stereocenters. The Labute approximate surface area is 102 Å². The van der Waals surface area contributed by atoms with E-state index in [9.17, 15) is 0 Å². The SMILES string of the molecule is Cc1cnc(Cl)c(NCC(CN)C(C)C)c1. The molecule has 1 heterocycles. The van der Waals surface area contributed by atoms with Crippen molar-refractivity contribution >= 4 is 17.3 Å². The minimum Gasteiger partial charge on any atom is -0.382 e. The molecule has 0 aliphatic heterocycles. The number of halogens is 1. The minimum atomic E-state index is 0.455. The molecule has 3 nitrogen and oxygen atoms in total. The number of hydrogen-bond donors (Lipinski definition) is 2. The molecule has 0 bridgehead atoms. The molecular weight excluding hydrogens is 222 g/mol. The first-order valence-electron chi connectivity index (χ1n) is 5.60. The van der Waals surface area contributed by atoms with Crippen LogP contribution >= 0.6 is 11.6 Å². The monoisotopic (exact) mass is 241 g/mol. The minimum absolute atomic E-state index is 0.455. The summed E-state index contributed by atoms with van der Waals surface area (Å²) in [4.78, 5) is 4.10. The Balaban J connectivity index is 2.63. The van der Waals surface area contributed by atoms with Crippen LogP contribution in [0, 0.1) is 18.8 Å². The molecule has 0 saturated carbocycles. The highest BCUT2D eigenvalue weighted by Crippen LogP contribution is 2.20. The summed E-state index contributed by atoms with van der Waals surface area (Å²) in [6.07, 6.45) is 1.76. The molecule has 16 heavy (non-hydrogen) atoms. The first kappa shape index (κ1) is 13.3. The largest absolute Gasteiger partial charge is 0.382 e. The van der Waals surface area contributed by atoms with E-state index in [1.165, 1.54) is 0 Å². The van der Waals surface area contributed by atoms with Crippen LogP contribution in [0.2, 0.25) is 5.15 Å². The summed E-state index contributed by atoms with van der Waals surface area (Å²) in [7, 11) is 0. The van der Waals surface area contributed by atoms with E-state index < -0.39 is 0 Å². The van der Waals surface area contributed by atoms with Crippen molar-refractivity contribution in [2.45, 2.75) is 20.8 Å². The van der Waals surface area contributed by atoms with Crippen LogP contribution in [-0.4, -0.2) is 18.1 Å². The second-order valence-corrected chi connectivity index (χ2v) is 4.83. The maximum atomic E-state index is 6.00. The lowest BCUT2D eigenvalue weighted by Crippen LogP contribution is -2.27. The maximum Gasteiger partial charge on any atom is 0.152 e. The number of hydrogen-bond acceptors (Lipinski definition) is 3. The van der Waals surface area contributed by atoms with Crippen LogP contribution < -0.4 is 11.1 Å². The van der Waals surface area contributed by atoms with Crippen molar-refractivity contribution in [3.05, 3.63) is 23.0 Å². The van der Waals surface area contributed by atoms with Crippen molar-refractivity contribution in [2.75, 3.05) is 18.4 Å². The summed E-state index contributed by atoms with van der Waals surface area (Å²) in [5, 5.41) is 3.83. The Morgan fingerprint density at radius 3 is 2.75 bits per heavy atom. The van der Waals surface area contributed by atoms with E-state index in [-0.39, 0.29) is 0 Å². The van der Waals surface area contributed by atoms with Gasteiger partial charge in [0, 0.05) is 12.7 Å². The Hall–Kier alpha value is -0.800. The zero-order valence-corrected chi connectivity index (χ0v) is 10.9. The smallest absolute Gasteiger partial charge is 0.152 e. The van der Waals surface area contributed by atoms with Gasteiger partial charge in [-0.25, -0.2) is 4.98 Å². The van der Waals surface area contributed by atoms with Crippen molar-refractivity contribution in [3.63, 3.8) is 0 Å². The molecule has 0 fully saturated rings. The van der Waals surface area contributed by atoms with E-state index in [1.54, 1.807) is 6.20 Å². The molecule has 0 amide bonds. The van der Waals surface area contributed by atoms with E-state index >= 15 is 0 Å². The third-order valence-electron chi connectivity index (χ3n) is 2.78. The molecule has 0 aromatic carbocycles. The van der Waals surface area contributed by atoms with Gasteiger partial charge >= 0.3 is 0 Å². The van der Waals surface area contributed by atoms with Crippen molar-refractivity contribution in [3.8, 4) is 0 Å². The number of nitrogens with zero attached hydrogens (tertiary/aromatic N) is 1. The molecule has 90 valence electrons. The summed E-state index contributed by atoms with van der Waals surface area (Å²) in [6.45, 7) is 7.86. The van der Waals surface area contributed by atoms with Crippen LogP contribution in [0.4, 0.5) is 5.69 Å². The average Bonchev–Trinajstić information content (AvgIpc) is 2.23. The van der Waals surface area contributed by atoms with E-state index in [4.69, 9.17) is 17.3 Å². The topological polar surface area (TPSA) is 50.9 Å². The Kier molecular flexibility index (Phi) is 5.03. The van der Waals surface area contributed by atoms with Gasteiger partial charge < -0.3 is 11.1 Å². The van der Waals surface area contributed by atoms with E-state index in [2.05, 4.69) is 24.1 Å². The number of nitrogens with one attached hydrogen (secondary N) is 1. The standard InChI is InChI=1S/C12H20ClN3/c1-8(2)10(5-14)7-15-11-4-9(3)6-16-12(11)13/h4,6,8,10,15H,5,7,14H2,1-3H3. The van der Waals surface area contributed by atoms with Crippen LogP contribution in [0.5, 0.6) is 0 Å². The summed E-state index contributed by atoms with van der Waals surface area (Å²) in [5.74, 6) is 1.02. The molecule has 0 radical (unpaired) electrons. The Morgan fingerprint density at radius 1 is 1.50 bits per heavy atom. The van der Waals surface area contributed by atoms with E-state index in [0.29, 0.717) is 23.5 Å². The predicted octanol–water partition coefficient (Wildman–Crippen LogP) is 2.69. The number of aromatic nitrogens is 1. The quantitative estimate of drug-likeness (QED) is 0.780. The van der Waals surface area contributed by atoms with Crippen molar-refractivity contribution in [1.82, 2.24) is 4.98 Å². The van der Waals surface area contributed by atoms with Gasteiger partial charge in [-0.3, -0.25) is 0 Å². The molecule has 1 rings (SSSR count). The van der Waals surface area contributed by atoms with Gasteiger partial charge in [-0.15, -0.1) is 0 Å². The van der Waals surface area contributed by atoms with Crippen LogP contribution in [0.15, 0.2) is 12.3 Å². The highest BCUT2D eigenvalue weighted by molar-refractivity contribution is 6.31. The van der Waals surface area contributed by atoms with E-state index in [0.717, 1.165) is 17.8 Å². The normalized spacial score (nSPS) is 12.9. The lowest BCUT2D eigenvalue weighted by Gasteiger charge is -2.20. The number of anilines is 1. The second-order valence-electron chi connectivity index (χ2n) is 4.47. The van der Waals surface area contributed by atoms with Crippen LogP contribution in [0.25, 0.3) is 0 Å². The van der Waals surface area contributed by atoms with Gasteiger partial charge in [0.05, 0.1) is 5.69 Å². The summed E-state index contributed by atoms with van der Waals surface area (Å²) < 4.78 is 0. The highest BCUT2D eigenvalue weighted by atomic mass is 35.5. The number of pyridine rings is 1. The average molecular weight is 242 g/mol. The van der Waals surface area contributed by atoms with Crippen LogP contribution in [-0.2, 0) is 0 Å². The van der Waals surface area contributed by atoms with Crippen molar-refractivity contribution in [1.29, 1.82) is 0 Å². The molecule has 0 aliphatic rings. The predicted molar refractivity (Wildman–Crippen MR) is 69.9 cm³/mol. The molecule has 1 aromatic rings. The Morgan fingerprint density at radius 2 is 2.19 bits per heavy atom. The third-order valence-corrected chi connectivity index (χ3v) is 3.08. The molecular formula is C12H20ClN3. The fraction of sp³-hybridized carbons (Fsp3) is 0.583. The van der Waals surface area contributed by atoms with Gasteiger partial charge in [0.15, 0.2) is 5.15 Å². The molecule has 3 N–H and O–H groups in total. The number of aryl methyl sites for hydroxylation is 1. The lowest BCUT2D eigenvalue weighted by molar-refractivity contribution is 0.413. The summed E-state index contributed by atoms with van der Waals surface area (Å²) in [5.41, 5.74) is 7.70. The molecule has 4 heteroatoms. The molecule has 0 saturated heterocycles. The summed E-state index contributed by atoms with van der Waals surface area (Å²) >= 11 is 6.00. The fourth-order valence-electron chi connectivity index (χ4n) is 1.51. The van der Waals surface area contributed by atoms with Gasteiger partial charge in [0.25, 0.3) is 0 Å². The van der Waals surface area contributed by atoms with Gasteiger partial charge in [-0.05, 0) is 36.9 Å². The van der Waals surface area contributed by atoms with Crippen LogP contribution in [0.1, 0.15) is 19.4 Å². The maximum absolute atomic E-state index is 6.00. The molecule has 0 aliphatic carbocycles. The lowest BCUT2D eigenvalue weighted by atomic mass is 9.96. The number of nitrogens with two attached hydrogens (primary N) is 1. The third kappa shape index (κ3) is 3.65. The number of rotatable bonds is 5.